The van der Waals surface area contributed by atoms with Crippen LogP contribution >= 0.6 is 11.6 Å². The Morgan fingerprint density at radius 2 is 1.68 bits per heavy atom. The van der Waals surface area contributed by atoms with Gasteiger partial charge in [0.05, 0.1) is 22.9 Å². The number of sulfonamides is 2. The Labute approximate surface area is 226 Å². The molecule has 0 saturated carbocycles. The van der Waals surface area contributed by atoms with Gasteiger partial charge in [-0.25, -0.2) is 23.0 Å². The van der Waals surface area contributed by atoms with Crippen LogP contribution in [0.2, 0.25) is 5.02 Å². The molecule has 2 N–H and O–H groups in total. The normalized spacial score (nSPS) is 16.4. The molecule has 9 nitrogen and oxygen atoms in total. The van der Waals surface area contributed by atoms with Crippen LogP contribution in [0.1, 0.15) is 17.0 Å². The number of benzene rings is 3. The molecule has 13 heteroatoms. The maximum Gasteiger partial charge on any atom is 0.285 e. The van der Waals surface area contributed by atoms with Crippen molar-refractivity contribution in [3.8, 4) is 0 Å². The van der Waals surface area contributed by atoms with Crippen LogP contribution < -0.4 is 5.14 Å². The van der Waals surface area contributed by atoms with E-state index in [9.17, 15) is 21.2 Å². The molecule has 0 unspecified atom stereocenters. The smallest absolute Gasteiger partial charge is 0.285 e. The van der Waals surface area contributed by atoms with Crippen LogP contribution in [0.4, 0.5) is 4.39 Å². The SMILES string of the molecule is CN(CCS(N)(=O)=O)C(=NS(=O)(=O)c1ccc(Cl)cc1)N1C[C@@H](c2ccccc2)C(c2ccc(F)cc2)=N1. The maximum atomic E-state index is 13.6. The summed E-state index contributed by atoms with van der Waals surface area (Å²) in [5.41, 5.74) is 2.13. The zero-order valence-corrected chi connectivity index (χ0v) is 22.7. The molecular weight excluding hydrogens is 553 g/mol. The van der Waals surface area contributed by atoms with Crippen molar-refractivity contribution < 1.29 is 21.2 Å². The molecule has 0 aliphatic carbocycles. The van der Waals surface area contributed by atoms with E-state index >= 15 is 0 Å². The summed E-state index contributed by atoms with van der Waals surface area (Å²) in [5.74, 6) is -1.24. The summed E-state index contributed by atoms with van der Waals surface area (Å²) in [5, 5.41) is 11.6. The van der Waals surface area contributed by atoms with Gasteiger partial charge in [0.1, 0.15) is 5.82 Å². The summed E-state index contributed by atoms with van der Waals surface area (Å²) in [7, 11) is -6.57. The summed E-state index contributed by atoms with van der Waals surface area (Å²) >= 11 is 5.91. The third-order valence-corrected chi connectivity index (χ3v) is 8.13. The molecule has 0 aromatic heterocycles. The first-order chi connectivity index (χ1) is 17.9. The van der Waals surface area contributed by atoms with E-state index in [1.807, 2.05) is 30.3 Å². The fourth-order valence-corrected chi connectivity index (χ4v) is 5.59. The summed E-state index contributed by atoms with van der Waals surface area (Å²) in [6.45, 7) is 0.0626. The lowest BCUT2D eigenvalue weighted by Crippen LogP contribution is -2.42. The van der Waals surface area contributed by atoms with Gasteiger partial charge >= 0.3 is 0 Å². The monoisotopic (exact) mass is 577 g/mol. The Morgan fingerprint density at radius 3 is 2.29 bits per heavy atom. The fraction of sp³-hybridized carbons (Fsp3) is 0.200. The van der Waals surface area contributed by atoms with Gasteiger partial charge in [-0.3, -0.25) is 0 Å². The number of hydrazone groups is 1. The Balaban J connectivity index is 1.80. The highest BCUT2D eigenvalue weighted by atomic mass is 35.5. The van der Waals surface area contributed by atoms with Crippen molar-refractivity contribution in [3.63, 3.8) is 0 Å². The van der Waals surface area contributed by atoms with E-state index in [1.165, 1.54) is 53.4 Å². The van der Waals surface area contributed by atoms with Crippen molar-refractivity contribution in [2.75, 3.05) is 25.9 Å². The Hall–Kier alpha value is -3.32. The van der Waals surface area contributed by atoms with Crippen LogP contribution in [0, 0.1) is 5.82 Å². The molecule has 1 heterocycles. The molecule has 38 heavy (non-hydrogen) atoms. The standard InChI is InChI=1S/C25H25ClFN5O4S2/c1-31(15-16-37(28,33)34)25(30-38(35,36)22-13-9-20(26)10-14-22)32-17-23(18-5-3-2-4-6-18)24(29-32)19-7-11-21(27)12-8-19/h2-14,23H,15-17H2,1H3,(H2,28,33,34)/t23-/m0/s1. The van der Waals surface area contributed by atoms with Gasteiger partial charge < -0.3 is 4.90 Å². The molecule has 1 aliphatic rings. The van der Waals surface area contributed by atoms with Crippen LogP contribution in [0.25, 0.3) is 0 Å². The molecule has 0 spiro atoms. The van der Waals surface area contributed by atoms with E-state index in [4.69, 9.17) is 21.8 Å². The number of halogens is 2. The Bertz CT molecular complexity index is 1560. The van der Waals surface area contributed by atoms with Gasteiger partial charge in [-0.1, -0.05) is 54.1 Å². The van der Waals surface area contributed by atoms with Crippen LogP contribution in [-0.4, -0.2) is 64.3 Å². The molecule has 0 radical (unpaired) electrons. The first-order valence-electron chi connectivity index (χ1n) is 11.4. The lowest BCUT2D eigenvalue weighted by molar-refractivity contribution is 0.382. The second-order valence-electron chi connectivity index (χ2n) is 8.65. The Kier molecular flexibility index (Phi) is 8.16. The highest BCUT2D eigenvalue weighted by Gasteiger charge is 2.34. The third kappa shape index (κ3) is 6.76. The van der Waals surface area contributed by atoms with Crippen molar-refractivity contribution in [3.05, 3.63) is 101 Å². The van der Waals surface area contributed by atoms with E-state index in [0.29, 0.717) is 16.3 Å². The molecule has 4 rings (SSSR count). The summed E-state index contributed by atoms with van der Waals surface area (Å²) in [6, 6.07) is 20.8. The van der Waals surface area contributed by atoms with E-state index in [0.717, 1.165) is 5.56 Å². The third-order valence-electron chi connectivity index (χ3n) is 5.85. The molecule has 1 aliphatic heterocycles. The van der Waals surface area contributed by atoms with Crippen molar-refractivity contribution in [2.45, 2.75) is 10.8 Å². The lowest BCUT2D eigenvalue weighted by atomic mass is 9.91. The summed E-state index contributed by atoms with van der Waals surface area (Å²) in [6.07, 6.45) is 0. The maximum absolute atomic E-state index is 13.6. The first-order valence-corrected chi connectivity index (χ1v) is 15.0. The molecule has 3 aromatic rings. The van der Waals surface area contributed by atoms with Crippen LogP contribution in [0.5, 0.6) is 0 Å². The van der Waals surface area contributed by atoms with E-state index in [2.05, 4.69) is 4.40 Å². The number of nitrogens with two attached hydrogens (primary N) is 1. The minimum atomic E-state index is -4.24. The second-order valence-corrected chi connectivity index (χ2v) is 12.4. The summed E-state index contributed by atoms with van der Waals surface area (Å²) in [4.78, 5) is 1.28. The van der Waals surface area contributed by atoms with Gasteiger partial charge in [-0.05, 0) is 47.5 Å². The van der Waals surface area contributed by atoms with Gasteiger partial charge in [-0.2, -0.15) is 13.5 Å². The second kappa shape index (κ2) is 11.2. The van der Waals surface area contributed by atoms with E-state index in [1.54, 1.807) is 12.1 Å². The molecule has 0 bridgehead atoms. The van der Waals surface area contributed by atoms with Crippen LogP contribution in [0.3, 0.4) is 0 Å². The number of hydrogen-bond donors (Lipinski definition) is 1. The summed E-state index contributed by atoms with van der Waals surface area (Å²) < 4.78 is 67.4. The number of nitrogens with zero attached hydrogens (tertiary/aromatic N) is 4. The minimum Gasteiger partial charge on any atom is -0.342 e. The number of primary sulfonamides is 1. The minimum absolute atomic E-state index is 0.0957. The average molecular weight is 578 g/mol. The molecule has 200 valence electrons. The number of guanidine groups is 1. The van der Waals surface area contributed by atoms with Gasteiger partial charge in [0.25, 0.3) is 10.0 Å². The largest absolute Gasteiger partial charge is 0.342 e. The molecule has 0 amide bonds. The topological polar surface area (TPSA) is 125 Å². The van der Waals surface area contributed by atoms with Crippen LogP contribution in [-0.2, 0) is 20.0 Å². The molecule has 0 fully saturated rings. The zero-order chi connectivity index (χ0) is 27.5. The molecule has 1 atom stereocenters. The predicted octanol–water partition coefficient (Wildman–Crippen LogP) is 3.25. The van der Waals surface area contributed by atoms with Crippen LogP contribution in [0.15, 0.2) is 93.3 Å². The zero-order valence-electron chi connectivity index (χ0n) is 20.3. The highest BCUT2D eigenvalue weighted by Crippen LogP contribution is 2.30. The molecule has 3 aromatic carbocycles. The van der Waals surface area contributed by atoms with Crippen molar-refractivity contribution >= 4 is 43.3 Å². The lowest BCUT2D eigenvalue weighted by Gasteiger charge is -2.26. The number of rotatable bonds is 7. The Morgan fingerprint density at radius 1 is 1.05 bits per heavy atom. The molecular formula is C25H25ClFN5O4S2. The van der Waals surface area contributed by atoms with Gasteiger partial charge in [-0.15, -0.1) is 4.40 Å². The van der Waals surface area contributed by atoms with Gasteiger partial charge in [0, 0.05) is 24.5 Å². The number of hydrogen-bond acceptors (Lipinski definition) is 5. The van der Waals surface area contributed by atoms with Crippen molar-refractivity contribution in [2.24, 2.45) is 14.6 Å². The molecule has 0 saturated heterocycles. The average Bonchev–Trinajstić information content (AvgIpc) is 3.32. The quantitative estimate of drug-likeness (QED) is 0.339. The fourth-order valence-electron chi connectivity index (χ4n) is 3.90. The van der Waals surface area contributed by atoms with Crippen molar-refractivity contribution in [1.82, 2.24) is 9.91 Å². The van der Waals surface area contributed by atoms with E-state index in [-0.39, 0.29) is 29.9 Å². The predicted molar refractivity (Wildman–Crippen MR) is 146 cm³/mol. The highest BCUT2D eigenvalue weighted by molar-refractivity contribution is 7.90. The van der Waals surface area contributed by atoms with Crippen molar-refractivity contribution in [1.29, 1.82) is 0 Å². The van der Waals surface area contributed by atoms with E-state index < -0.39 is 31.6 Å². The van der Waals surface area contributed by atoms with Gasteiger partial charge in [0.2, 0.25) is 16.0 Å². The van der Waals surface area contributed by atoms with Gasteiger partial charge in [0.15, 0.2) is 0 Å². The first kappa shape index (κ1) is 27.7.